The van der Waals surface area contributed by atoms with Crippen molar-refractivity contribution in [2.24, 2.45) is 0 Å². The molecule has 0 spiro atoms. The summed E-state index contributed by atoms with van der Waals surface area (Å²) in [7, 11) is 1.88. The van der Waals surface area contributed by atoms with Gasteiger partial charge < -0.3 is 15.3 Å². The number of hydrogen-bond acceptors (Lipinski definition) is 3. The number of anilines is 2. The van der Waals surface area contributed by atoms with E-state index < -0.39 is 0 Å². The molecule has 1 saturated heterocycles. The van der Waals surface area contributed by atoms with E-state index in [4.69, 9.17) is 11.6 Å². The highest BCUT2D eigenvalue weighted by Crippen LogP contribution is 2.31. The van der Waals surface area contributed by atoms with Crippen LogP contribution in [0, 0.1) is 0 Å². The highest BCUT2D eigenvalue weighted by Gasteiger charge is 2.22. The smallest absolute Gasteiger partial charge is 0.0731 e. The average Bonchev–Trinajstić information content (AvgIpc) is 2.65. The van der Waals surface area contributed by atoms with Gasteiger partial charge in [-0.2, -0.15) is 0 Å². The number of β-amino-alcohol motifs (C(OH)–C–C–N with tert-alkyl or cyclic N) is 1. The van der Waals surface area contributed by atoms with Gasteiger partial charge in [-0.05, 0) is 24.6 Å². The van der Waals surface area contributed by atoms with Crippen molar-refractivity contribution in [3.05, 3.63) is 23.2 Å². The largest absolute Gasteiger partial charge is 0.391 e. The summed E-state index contributed by atoms with van der Waals surface area (Å²) in [6.07, 6.45) is 0.597. The van der Waals surface area contributed by atoms with E-state index in [-0.39, 0.29) is 6.10 Å². The van der Waals surface area contributed by atoms with Crippen LogP contribution in [-0.2, 0) is 0 Å². The zero-order chi connectivity index (χ0) is 10.8. The van der Waals surface area contributed by atoms with Gasteiger partial charge in [-0.25, -0.2) is 0 Å². The number of aliphatic hydroxyl groups is 1. The molecule has 1 aliphatic rings. The minimum Gasteiger partial charge on any atom is -0.391 e. The number of aliphatic hydroxyl groups excluding tert-OH is 1. The maximum Gasteiger partial charge on any atom is 0.0731 e. The molecule has 2 N–H and O–H groups in total. The molecule has 2 rings (SSSR count). The highest BCUT2D eigenvalue weighted by molar-refractivity contribution is 6.33. The zero-order valence-electron chi connectivity index (χ0n) is 8.70. The molecule has 1 unspecified atom stereocenters. The zero-order valence-corrected chi connectivity index (χ0v) is 9.46. The van der Waals surface area contributed by atoms with Crippen molar-refractivity contribution in [2.45, 2.75) is 12.5 Å². The Hall–Kier alpha value is -0.930. The fourth-order valence-corrected chi connectivity index (χ4v) is 2.11. The number of hydrogen-bond donors (Lipinski definition) is 2. The summed E-state index contributed by atoms with van der Waals surface area (Å²) in [5.41, 5.74) is 2.04. The SMILES string of the molecule is CNc1ccc(Cl)c(N2CCC(O)C2)c1. The third-order valence-corrected chi connectivity index (χ3v) is 3.06. The van der Waals surface area contributed by atoms with Crippen LogP contribution < -0.4 is 10.2 Å². The second-order valence-electron chi connectivity index (χ2n) is 3.80. The number of halogens is 1. The van der Waals surface area contributed by atoms with E-state index in [1.807, 2.05) is 25.2 Å². The summed E-state index contributed by atoms with van der Waals surface area (Å²) in [6.45, 7) is 1.54. The molecule has 82 valence electrons. The Labute approximate surface area is 94.7 Å². The highest BCUT2D eigenvalue weighted by atomic mass is 35.5. The molecule has 15 heavy (non-hydrogen) atoms. The van der Waals surface area contributed by atoms with E-state index in [0.717, 1.165) is 29.4 Å². The maximum absolute atomic E-state index is 9.48. The van der Waals surface area contributed by atoms with Crippen molar-refractivity contribution in [1.82, 2.24) is 0 Å². The van der Waals surface area contributed by atoms with Crippen LogP contribution in [0.3, 0.4) is 0 Å². The summed E-state index contributed by atoms with van der Waals surface area (Å²) in [4.78, 5) is 2.12. The van der Waals surface area contributed by atoms with Gasteiger partial charge in [-0.15, -0.1) is 0 Å². The van der Waals surface area contributed by atoms with Gasteiger partial charge in [-0.3, -0.25) is 0 Å². The lowest BCUT2D eigenvalue weighted by atomic mass is 10.2. The third-order valence-electron chi connectivity index (χ3n) is 2.74. The first kappa shape index (κ1) is 10.6. The molecule has 1 aromatic carbocycles. The van der Waals surface area contributed by atoms with E-state index >= 15 is 0 Å². The molecule has 1 aromatic rings. The Balaban J connectivity index is 2.26. The average molecular weight is 227 g/mol. The van der Waals surface area contributed by atoms with Crippen LogP contribution in [0.5, 0.6) is 0 Å². The minimum atomic E-state index is -0.223. The van der Waals surface area contributed by atoms with Crippen LogP contribution in [0.1, 0.15) is 6.42 Å². The molecule has 1 heterocycles. The van der Waals surface area contributed by atoms with Gasteiger partial charge in [0.15, 0.2) is 0 Å². The van der Waals surface area contributed by atoms with Gasteiger partial charge in [0.1, 0.15) is 0 Å². The number of nitrogens with zero attached hydrogens (tertiary/aromatic N) is 1. The molecule has 4 heteroatoms. The molecular formula is C11H15ClN2O. The molecular weight excluding hydrogens is 212 g/mol. The standard InChI is InChI=1S/C11H15ClN2O/c1-13-8-2-3-10(12)11(6-8)14-5-4-9(15)7-14/h2-3,6,9,13,15H,4-5,7H2,1H3. The Kier molecular flexibility index (Phi) is 3.03. The normalized spacial score (nSPS) is 20.7. The van der Waals surface area contributed by atoms with Crippen LogP contribution in [0.4, 0.5) is 11.4 Å². The topological polar surface area (TPSA) is 35.5 Å². The monoisotopic (exact) mass is 226 g/mol. The Morgan fingerprint density at radius 3 is 2.93 bits per heavy atom. The van der Waals surface area contributed by atoms with E-state index in [9.17, 15) is 5.11 Å². The summed E-state index contributed by atoms with van der Waals surface area (Å²) >= 11 is 6.13. The van der Waals surface area contributed by atoms with Gasteiger partial charge in [0, 0.05) is 25.8 Å². The molecule has 0 aliphatic carbocycles. The Bertz CT molecular complexity index is 356. The van der Waals surface area contributed by atoms with Gasteiger partial charge >= 0.3 is 0 Å². The number of rotatable bonds is 2. The van der Waals surface area contributed by atoms with E-state index in [1.54, 1.807) is 0 Å². The number of benzene rings is 1. The van der Waals surface area contributed by atoms with Crippen molar-refractivity contribution in [1.29, 1.82) is 0 Å². The molecule has 0 aromatic heterocycles. The second-order valence-corrected chi connectivity index (χ2v) is 4.21. The lowest BCUT2D eigenvalue weighted by Gasteiger charge is -2.20. The van der Waals surface area contributed by atoms with Crippen LogP contribution in [0.25, 0.3) is 0 Å². The summed E-state index contributed by atoms with van der Waals surface area (Å²) in [6, 6.07) is 5.84. The fourth-order valence-electron chi connectivity index (χ4n) is 1.87. The first-order valence-corrected chi connectivity index (χ1v) is 5.49. The van der Waals surface area contributed by atoms with Crippen molar-refractivity contribution in [3.63, 3.8) is 0 Å². The lowest BCUT2D eigenvalue weighted by Crippen LogP contribution is -2.21. The predicted molar refractivity (Wildman–Crippen MR) is 63.8 cm³/mol. The Morgan fingerprint density at radius 2 is 2.33 bits per heavy atom. The van der Waals surface area contributed by atoms with Crippen LogP contribution in [0.15, 0.2) is 18.2 Å². The van der Waals surface area contributed by atoms with E-state index in [1.165, 1.54) is 0 Å². The summed E-state index contributed by atoms with van der Waals surface area (Å²) < 4.78 is 0. The van der Waals surface area contributed by atoms with Crippen LogP contribution >= 0.6 is 11.6 Å². The molecule has 1 aliphatic heterocycles. The van der Waals surface area contributed by atoms with Crippen LogP contribution in [0.2, 0.25) is 5.02 Å². The van der Waals surface area contributed by atoms with E-state index in [2.05, 4.69) is 10.2 Å². The van der Waals surface area contributed by atoms with Crippen molar-refractivity contribution in [3.8, 4) is 0 Å². The minimum absolute atomic E-state index is 0.223. The molecule has 3 nitrogen and oxygen atoms in total. The van der Waals surface area contributed by atoms with Crippen LogP contribution in [-0.4, -0.2) is 31.3 Å². The molecule has 0 amide bonds. The predicted octanol–water partition coefficient (Wildman–Crippen LogP) is 1.95. The van der Waals surface area contributed by atoms with Crippen molar-refractivity contribution >= 4 is 23.0 Å². The maximum atomic E-state index is 9.48. The Morgan fingerprint density at radius 1 is 1.53 bits per heavy atom. The first-order valence-electron chi connectivity index (χ1n) is 5.11. The fraction of sp³-hybridized carbons (Fsp3) is 0.455. The van der Waals surface area contributed by atoms with E-state index in [0.29, 0.717) is 6.54 Å². The summed E-state index contributed by atoms with van der Waals surface area (Å²) in [5, 5.41) is 13.3. The van der Waals surface area contributed by atoms with Crippen molar-refractivity contribution in [2.75, 3.05) is 30.4 Å². The van der Waals surface area contributed by atoms with Gasteiger partial charge in [0.25, 0.3) is 0 Å². The molecule has 1 atom stereocenters. The number of nitrogens with one attached hydrogen (secondary N) is 1. The molecule has 1 fully saturated rings. The van der Waals surface area contributed by atoms with Crippen molar-refractivity contribution < 1.29 is 5.11 Å². The van der Waals surface area contributed by atoms with Gasteiger partial charge in [0.2, 0.25) is 0 Å². The van der Waals surface area contributed by atoms with Gasteiger partial charge in [0.05, 0.1) is 16.8 Å². The van der Waals surface area contributed by atoms with Gasteiger partial charge in [-0.1, -0.05) is 11.6 Å². The summed E-state index contributed by atoms with van der Waals surface area (Å²) in [5.74, 6) is 0. The quantitative estimate of drug-likeness (QED) is 0.809. The second kappa shape index (κ2) is 4.29. The molecule has 0 saturated carbocycles. The lowest BCUT2D eigenvalue weighted by molar-refractivity contribution is 0.198. The first-order chi connectivity index (χ1) is 7.20. The molecule has 0 radical (unpaired) electrons. The molecule has 0 bridgehead atoms. The third kappa shape index (κ3) is 2.19.